The molecule has 1 unspecified atom stereocenters. The Kier molecular flexibility index (Phi) is 3.91. The van der Waals surface area contributed by atoms with E-state index >= 15 is 0 Å². The predicted molar refractivity (Wildman–Crippen MR) is 81.3 cm³/mol. The van der Waals surface area contributed by atoms with Crippen LogP contribution in [0.3, 0.4) is 0 Å². The van der Waals surface area contributed by atoms with E-state index in [-0.39, 0.29) is 6.10 Å². The van der Waals surface area contributed by atoms with Crippen LogP contribution in [0.4, 0.5) is 0 Å². The summed E-state index contributed by atoms with van der Waals surface area (Å²) >= 11 is 1.70. The molecule has 5 nitrogen and oxygen atoms in total. The number of rotatable bonds is 5. The molecule has 1 saturated carbocycles. The number of hydrogen-bond acceptors (Lipinski definition) is 6. The van der Waals surface area contributed by atoms with Crippen LogP contribution in [0.5, 0.6) is 5.75 Å². The predicted octanol–water partition coefficient (Wildman–Crippen LogP) is 3.27. The highest BCUT2D eigenvalue weighted by Gasteiger charge is 2.39. The van der Waals surface area contributed by atoms with Crippen LogP contribution in [0.2, 0.25) is 0 Å². The monoisotopic (exact) mass is 305 g/mol. The van der Waals surface area contributed by atoms with Crippen molar-refractivity contribution in [2.45, 2.75) is 42.7 Å². The quantitative estimate of drug-likeness (QED) is 0.855. The van der Waals surface area contributed by atoms with Gasteiger partial charge in [0, 0.05) is 4.90 Å². The second-order valence-electron chi connectivity index (χ2n) is 5.40. The lowest BCUT2D eigenvalue weighted by atomic mass is 9.77. The molecule has 2 aromatic rings. The summed E-state index contributed by atoms with van der Waals surface area (Å²) in [6.45, 7) is 1.89. The van der Waals surface area contributed by atoms with Gasteiger partial charge in [0.25, 0.3) is 5.89 Å². The molecule has 1 atom stereocenters. The molecule has 0 bridgehead atoms. The minimum Gasteiger partial charge on any atom is -0.481 e. The first-order valence-corrected chi connectivity index (χ1v) is 8.27. The first-order chi connectivity index (χ1) is 10.1. The van der Waals surface area contributed by atoms with E-state index < -0.39 is 5.54 Å². The fraction of sp³-hybridized carbons (Fsp3) is 0.467. The van der Waals surface area contributed by atoms with Gasteiger partial charge in [-0.15, -0.1) is 11.8 Å². The van der Waals surface area contributed by atoms with Crippen LogP contribution in [0.1, 0.15) is 44.0 Å². The van der Waals surface area contributed by atoms with Crippen molar-refractivity contribution in [1.82, 2.24) is 10.1 Å². The summed E-state index contributed by atoms with van der Waals surface area (Å²) in [6, 6.07) is 7.93. The Morgan fingerprint density at radius 1 is 1.33 bits per heavy atom. The number of hydrogen-bond donors (Lipinski definition) is 1. The number of nitrogens with two attached hydrogens (primary N) is 1. The molecule has 0 spiro atoms. The second kappa shape index (κ2) is 5.69. The summed E-state index contributed by atoms with van der Waals surface area (Å²) in [5.74, 6) is 1.85. The Labute approximate surface area is 128 Å². The average Bonchev–Trinajstić information content (AvgIpc) is 2.96. The Balaban J connectivity index is 1.68. The number of benzene rings is 1. The standard InChI is InChI=1S/C15H19N3O2S/c1-10(19-11-4-6-12(21-2)7-5-11)13-17-14(18-20-13)15(16)8-3-9-15/h4-7,10H,3,8-9,16H2,1-2H3. The third kappa shape index (κ3) is 2.91. The summed E-state index contributed by atoms with van der Waals surface area (Å²) in [4.78, 5) is 5.60. The van der Waals surface area contributed by atoms with Gasteiger partial charge in [0.15, 0.2) is 11.9 Å². The summed E-state index contributed by atoms with van der Waals surface area (Å²) in [5.41, 5.74) is 5.79. The van der Waals surface area contributed by atoms with Crippen molar-refractivity contribution >= 4 is 11.8 Å². The normalized spacial score (nSPS) is 18.0. The van der Waals surface area contributed by atoms with Gasteiger partial charge in [-0.05, 0) is 56.7 Å². The molecule has 112 valence electrons. The van der Waals surface area contributed by atoms with E-state index in [1.54, 1.807) is 11.8 Å². The first kappa shape index (κ1) is 14.4. The first-order valence-electron chi connectivity index (χ1n) is 7.04. The molecule has 0 amide bonds. The zero-order valence-corrected chi connectivity index (χ0v) is 13.0. The molecular weight excluding hydrogens is 286 g/mol. The zero-order chi connectivity index (χ0) is 14.9. The summed E-state index contributed by atoms with van der Waals surface area (Å²) in [7, 11) is 0. The molecule has 1 aliphatic carbocycles. The number of aromatic nitrogens is 2. The van der Waals surface area contributed by atoms with E-state index in [0.717, 1.165) is 25.0 Å². The van der Waals surface area contributed by atoms with Crippen LogP contribution in [0.15, 0.2) is 33.7 Å². The fourth-order valence-electron chi connectivity index (χ4n) is 2.29. The number of nitrogens with zero attached hydrogens (tertiary/aromatic N) is 2. The van der Waals surface area contributed by atoms with Gasteiger partial charge < -0.3 is 15.0 Å². The maximum atomic E-state index is 6.19. The second-order valence-corrected chi connectivity index (χ2v) is 6.28. The van der Waals surface area contributed by atoms with Gasteiger partial charge in [0.2, 0.25) is 0 Å². The Morgan fingerprint density at radius 3 is 2.62 bits per heavy atom. The molecular formula is C15H19N3O2S. The molecule has 2 N–H and O–H groups in total. The summed E-state index contributed by atoms with van der Waals surface area (Å²) < 4.78 is 11.1. The van der Waals surface area contributed by atoms with E-state index in [1.807, 2.05) is 37.4 Å². The van der Waals surface area contributed by atoms with E-state index in [9.17, 15) is 0 Å². The third-order valence-electron chi connectivity index (χ3n) is 3.85. The van der Waals surface area contributed by atoms with Gasteiger partial charge in [-0.3, -0.25) is 0 Å². The van der Waals surface area contributed by atoms with Gasteiger partial charge in [0.1, 0.15) is 5.75 Å². The molecule has 1 fully saturated rings. The highest BCUT2D eigenvalue weighted by atomic mass is 32.2. The van der Waals surface area contributed by atoms with Crippen LogP contribution in [-0.4, -0.2) is 16.4 Å². The van der Waals surface area contributed by atoms with Crippen molar-refractivity contribution in [1.29, 1.82) is 0 Å². The summed E-state index contributed by atoms with van der Waals surface area (Å²) in [5, 5.41) is 4.01. The van der Waals surface area contributed by atoms with Crippen LogP contribution in [0, 0.1) is 0 Å². The number of thioether (sulfide) groups is 1. The van der Waals surface area contributed by atoms with Crippen LogP contribution >= 0.6 is 11.8 Å². The van der Waals surface area contributed by atoms with Crippen LogP contribution in [-0.2, 0) is 5.54 Å². The highest BCUT2D eigenvalue weighted by molar-refractivity contribution is 7.98. The van der Waals surface area contributed by atoms with Crippen molar-refractivity contribution in [3.63, 3.8) is 0 Å². The largest absolute Gasteiger partial charge is 0.481 e. The summed E-state index contributed by atoms with van der Waals surface area (Å²) in [6.07, 6.45) is 4.69. The van der Waals surface area contributed by atoms with Crippen molar-refractivity contribution in [3.05, 3.63) is 36.0 Å². The van der Waals surface area contributed by atoms with Crippen molar-refractivity contribution in [2.75, 3.05) is 6.26 Å². The molecule has 1 heterocycles. The van der Waals surface area contributed by atoms with E-state index in [2.05, 4.69) is 10.1 Å². The number of ether oxygens (including phenoxy) is 1. The van der Waals surface area contributed by atoms with Crippen LogP contribution in [0.25, 0.3) is 0 Å². The lowest BCUT2D eigenvalue weighted by molar-refractivity contribution is 0.174. The van der Waals surface area contributed by atoms with Crippen molar-refractivity contribution < 1.29 is 9.26 Å². The molecule has 1 aromatic heterocycles. The smallest absolute Gasteiger partial charge is 0.267 e. The molecule has 1 aliphatic rings. The SMILES string of the molecule is CSc1ccc(OC(C)c2nc(C3(N)CCC3)no2)cc1. The van der Waals surface area contributed by atoms with Gasteiger partial charge in [-0.2, -0.15) is 4.98 Å². The maximum absolute atomic E-state index is 6.19. The lowest BCUT2D eigenvalue weighted by Gasteiger charge is -2.34. The highest BCUT2D eigenvalue weighted by Crippen LogP contribution is 2.37. The maximum Gasteiger partial charge on any atom is 0.267 e. The molecule has 1 aromatic carbocycles. The molecule has 3 rings (SSSR count). The average molecular weight is 305 g/mol. The van der Waals surface area contributed by atoms with Crippen molar-refractivity contribution in [2.24, 2.45) is 5.73 Å². The van der Waals surface area contributed by atoms with E-state index in [1.165, 1.54) is 4.90 Å². The minimum atomic E-state index is -0.401. The molecule has 6 heteroatoms. The Bertz CT molecular complexity index is 608. The van der Waals surface area contributed by atoms with Crippen LogP contribution < -0.4 is 10.5 Å². The fourth-order valence-corrected chi connectivity index (χ4v) is 2.70. The Hall–Kier alpha value is -1.53. The molecule has 0 aliphatic heterocycles. The van der Waals surface area contributed by atoms with Gasteiger partial charge in [0.05, 0.1) is 5.54 Å². The Morgan fingerprint density at radius 2 is 2.05 bits per heavy atom. The third-order valence-corrected chi connectivity index (χ3v) is 4.60. The van der Waals surface area contributed by atoms with Gasteiger partial charge in [-0.25, -0.2) is 0 Å². The van der Waals surface area contributed by atoms with E-state index in [0.29, 0.717) is 11.7 Å². The molecule has 0 saturated heterocycles. The van der Waals surface area contributed by atoms with Gasteiger partial charge in [-0.1, -0.05) is 5.16 Å². The van der Waals surface area contributed by atoms with E-state index in [4.69, 9.17) is 15.0 Å². The van der Waals surface area contributed by atoms with Crippen molar-refractivity contribution in [3.8, 4) is 5.75 Å². The minimum absolute atomic E-state index is 0.296. The lowest BCUT2D eigenvalue weighted by Crippen LogP contribution is -2.44. The molecule has 21 heavy (non-hydrogen) atoms. The molecule has 0 radical (unpaired) electrons. The topological polar surface area (TPSA) is 74.2 Å². The zero-order valence-electron chi connectivity index (χ0n) is 12.2. The van der Waals surface area contributed by atoms with Gasteiger partial charge >= 0.3 is 0 Å².